The van der Waals surface area contributed by atoms with Gasteiger partial charge in [0.1, 0.15) is 17.1 Å². The van der Waals surface area contributed by atoms with E-state index in [1.807, 2.05) is 0 Å². The first kappa shape index (κ1) is 32.4. The van der Waals surface area contributed by atoms with Crippen molar-refractivity contribution < 1.29 is 31.1 Å². The van der Waals surface area contributed by atoms with E-state index < -0.39 is 27.6 Å². The summed E-state index contributed by atoms with van der Waals surface area (Å²) in [5.41, 5.74) is 0.151. The molecule has 0 atom stereocenters. The van der Waals surface area contributed by atoms with Crippen LogP contribution in [0.5, 0.6) is 5.75 Å². The predicted octanol–water partition coefficient (Wildman–Crippen LogP) is 4.99. The van der Waals surface area contributed by atoms with Gasteiger partial charge in [0.2, 0.25) is 21.9 Å². The number of amides is 1. The molecule has 15 heteroatoms. The van der Waals surface area contributed by atoms with Crippen LogP contribution < -0.4 is 25.0 Å². The molecule has 1 heterocycles. The Labute approximate surface area is 236 Å². The Balaban J connectivity index is 2.49. The Morgan fingerprint density at radius 1 is 1.25 bits per heavy atom. The maximum absolute atomic E-state index is 13.8. The Morgan fingerprint density at radius 2 is 1.93 bits per heavy atom. The van der Waals surface area contributed by atoms with Gasteiger partial charge in [0.25, 0.3) is 0 Å². The summed E-state index contributed by atoms with van der Waals surface area (Å²) in [5.74, 6) is -0.674. The van der Waals surface area contributed by atoms with Crippen LogP contribution >= 0.6 is 11.6 Å². The van der Waals surface area contributed by atoms with Crippen molar-refractivity contribution in [2.24, 2.45) is 0 Å². The fraction of sp³-hybridized carbons (Fsp3) is 0.320. The number of hydrogen-bond donors (Lipinski definition) is 3. The number of allylic oxidation sites excluding steroid dienone is 5. The second-order valence-corrected chi connectivity index (χ2v) is 10.8. The molecule has 218 valence electrons. The molecule has 1 aromatic heterocycles. The van der Waals surface area contributed by atoms with Gasteiger partial charge in [0.05, 0.1) is 24.1 Å². The van der Waals surface area contributed by atoms with Gasteiger partial charge in [-0.25, -0.2) is 13.4 Å². The summed E-state index contributed by atoms with van der Waals surface area (Å²) in [6.07, 6.45) is 1.54. The number of hydrogen-bond acceptors (Lipinski definition) is 8. The Morgan fingerprint density at radius 3 is 2.48 bits per heavy atom. The van der Waals surface area contributed by atoms with E-state index >= 15 is 0 Å². The van der Waals surface area contributed by atoms with E-state index in [1.165, 1.54) is 39.3 Å². The molecule has 0 radical (unpaired) electrons. The third kappa shape index (κ3) is 9.16. The topological polar surface area (TPSA) is 126 Å². The molecule has 1 amide bonds. The third-order valence-corrected chi connectivity index (χ3v) is 6.86. The highest BCUT2D eigenvalue weighted by Gasteiger charge is 2.35. The molecule has 0 aliphatic carbocycles. The number of nitrogens with zero attached hydrogens (tertiary/aromatic N) is 3. The van der Waals surface area contributed by atoms with Crippen LogP contribution in [-0.2, 0) is 27.5 Å². The minimum atomic E-state index is -4.78. The highest BCUT2D eigenvalue weighted by atomic mass is 35.5. The standard InChI is InChI=1S/C25H30ClF3N6O4S/c1-7-8-18(11-21(26)15(2)32-16(3)36)33-24-31-14-20(25(27,28)29)23(34-24)30-13-17-9-10-19(39-5)12-22(17)35(4)40(6,37)38/h7-12,14H,13H2,1-6H3,(H,32,36)(H2,30,31,33,34)/b8-7-,18-11+,21-15-. The lowest BCUT2D eigenvalue weighted by Crippen LogP contribution is -2.26. The molecule has 40 heavy (non-hydrogen) atoms. The number of carbonyl (C=O) groups excluding carboxylic acids is 1. The van der Waals surface area contributed by atoms with Gasteiger partial charge in [0, 0.05) is 44.2 Å². The van der Waals surface area contributed by atoms with Crippen LogP contribution in [0.15, 0.2) is 59.1 Å². The smallest absolute Gasteiger partial charge is 0.421 e. The Bertz CT molecular complexity index is 1440. The maximum atomic E-state index is 13.8. The molecule has 0 aliphatic heterocycles. The first-order valence-electron chi connectivity index (χ1n) is 11.6. The van der Waals surface area contributed by atoms with E-state index in [-0.39, 0.29) is 29.1 Å². The number of halogens is 4. The number of anilines is 3. The van der Waals surface area contributed by atoms with Crippen LogP contribution in [0.1, 0.15) is 31.9 Å². The van der Waals surface area contributed by atoms with Gasteiger partial charge < -0.3 is 20.7 Å². The quantitative estimate of drug-likeness (QED) is 0.307. The Kier molecular flexibility index (Phi) is 11.0. The average molecular weight is 603 g/mol. The van der Waals surface area contributed by atoms with Gasteiger partial charge in [-0.3, -0.25) is 9.10 Å². The summed E-state index contributed by atoms with van der Waals surface area (Å²) < 4.78 is 71.9. The number of methoxy groups -OCH3 is 1. The minimum Gasteiger partial charge on any atom is -0.497 e. The van der Waals surface area contributed by atoms with Gasteiger partial charge in [-0.2, -0.15) is 18.2 Å². The van der Waals surface area contributed by atoms with Gasteiger partial charge >= 0.3 is 6.18 Å². The van der Waals surface area contributed by atoms with Crippen molar-refractivity contribution in [3.8, 4) is 5.75 Å². The molecule has 0 saturated carbocycles. The number of benzene rings is 1. The number of alkyl halides is 3. The number of aromatic nitrogens is 2. The molecule has 10 nitrogen and oxygen atoms in total. The highest BCUT2D eigenvalue weighted by Crippen LogP contribution is 2.35. The van der Waals surface area contributed by atoms with Crippen LogP contribution in [0, 0.1) is 0 Å². The van der Waals surface area contributed by atoms with Gasteiger partial charge in [-0.1, -0.05) is 23.7 Å². The molecule has 0 bridgehead atoms. The van der Waals surface area contributed by atoms with Gasteiger partial charge in [-0.15, -0.1) is 0 Å². The zero-order valence-electron chi connectivity index (χ0n) is 22.6. The van der Waals surface area contributed by atoms with E-state index in [0.29, 0.717) is 28.9 Å². The van der Waals surface area contributed by atoms with Crippen LogP contribution in [0.25, 0.3) is 0 Å². The minimum absolute atomic E-state index is 0.170. The normalized spacial score (nSPS) is 13.1. The number of rotatable bonds is 11. The molecule has 3 N–H and O–H groups in total. The summed E-state index contributed by atoms with van der Waals surface area (Å²) in [4.78, 5) is 19.1. The molecule has 0 aliphatic rings. The molecule has 0 fully saturated rings. The van der Waals surface area contributed by atoms with E-state index in [4.69, 9.17) is 16.3 Å². The van der Waals surface area contributed by atoms with E-state index in [2.05, 4.69) is 25.9 Å². The van der Waals surface area contributed by atoms with Crippen LogP contribution in [0.2, 0.25) is 0 Å². The largest absolute Gasteiger partial charge is 0.497 e. The fourth-order valence-electron chi connectivity index (χ4n) is 3.26. The van der Waals surface area contributed by atoms with Crippen molar-refractivity contribution in [3.63, 3.8) is 0 Å². The summed E-state index contributed by atoms with van der Waals surface area (Å²) in [6, 6.07) is 4.56. The van der Waals surface area contributed by atoms with Crippen molar-refractivity contribution in [3.05, 3.63) is 70.2 Å². The monoisotopic (exact) mass is 602 g/mol. The number of ether oxygens (including phenoxy) is 1. The SMILES string of the molecule is C\C=C/C(=C\C(Cl)=C(/C)NC(C)=O)Nc1ncc(C(F)(F)F)c(NCc2ccc(OC)cc2N(C)S(C)(=O)=O)n1. The lowest BCUT2D eigenvalue weighted by molar-refractivity contribution is -0.137. The van der Waals surface area contributed by atoms with Crippen molar-refractivity contribution in [2.75, 3.05) is 35.4 Å². The lowest BCUT2D eigenvalue weighted by Gasteiger charge is -2.22. The van der Waals surface area contributed by atoms with Crippen molar-refractivity contribution >= 4 is 45.0 Å². The fourth-order valence-corrected chi connectivity index (χ4v) is 3.95. The second kappa shape index (κ2) is 13.5. The summed E-state index contributed by atoms with van der Waals surface area (Å²) in [6.45, 7) is 4.41. The lowest BCUT2D eigenvalue weighted by atomic mass is 10.1. The van der Waals surface area contributed by atoms with E-state index in [9.17, 15) is 26.4 Å². The molecule has 0 unspecified atom stereocenters. The molecular weight excluding hydrogens is 573 g/mol. The molecule has 2 aromatic rings. The van der Waals surface area contributed by atoms with Crippen LogP contribution in [-0.4, -0.2) is 44.7 Å². The summed E-state index contributed by atoms with van der Waals surface area (Å²) in [5, 5.41) is 8.18. The molecule has 0 saturated heterocycles. The molecular formula is C25H30ClF3N6O4S. The van der Waals surface area contributed by atoms with Crippen molar-refractivity contribution in [1.82, 2.24) is 15.3 Å². The number of carbonyl (C=O) groups is 1. The van der Waals surface area contributed by atoms with Crippen molar-refractivity contribution in [2.45, 2.75) is 33.5 Å². The van der Waals surface area contributed by atoms with Gasteiger partial charge in [0.15, 0.2) is 0 Å². The predicted molar refractivity (Wildman–Crippen MR) is 149 cm³/mol. The number of nitrogens with one attached hydrogen (secondary N) is 3. The van der Waals surface area contributed by atoms with Crippen LogP contribution in [0.3, 0.4) is 0 Å². The van der Waals surface area contributed by atoms with Crippen molar-refractivity contribution in [1.29, 1.82) is 0 Å². The molecule has 0 spiro atoms. The zero-order chi connectivity index (χ0) is 30.3. The summed E-state index contributed by atoms with van der Waals surface area (Å²) in [7, 11) is -0.953. The third-order valence-electron chi connectivity index (χ3n) is 5.28. The maximum Gasteiger partial charge on any atom is 0.421 e. The van der Waals surface area contributed by atoms with E-state index in [1.54, 1.807) is 32.1 Å². The van der Waals surface area contributed by atoms with Gasteiger partial charge in [-0.05, 0) is 37.6 Å². The average Bonchev–Trinajstić information content (AvgIpc) is 2.85. The first-order valence-corrected chi connectivity index (χ1v) is 13.8. The molecule has 1 aromatic carbocycles. The second-order valence-electron chi connectivity index (χ2n) is 8.41. The van der Waals surface area contributed by atoms with E-state index in [0.717, 1.165) is 10.6 Å². The van der Waals surface area contributed by atoms with Crippen LogP contribution in [0.4, 0.5) is 30.6 Å². The zero-order valence-corrected chi connectivity index (χ0v) is 24.2. The first-order chi connectivity index (χ1) is 18.6. The summed E-state index contributed by atoms with van der Waals surface area (Å²) >= 11 is 6.26. The number of sulfonamides is 1. The molecule has 2 rings (SSSR count). The highest BCUT2D eigenvalue weighted by molar-refractivity contribution is 7.92. The Hall–Kier alpha value is -3.78.